The minimum absolute atomic E-state index is 0.0193. The molecule has 10 nitrogen and oxygen atoms in total. The first kappa shape index (κ1) is 31.8. The fourth-order valence-corrected chi connectivity index (χ4v) is 5.74. The first-order valence-electron chi connectivity index (χ1n) is 13.2. The number of hydrogen-bond acceptors (Lipinski definition) is 7. The number of carbonyl (C=O) groups is 2. The summed E-state index contributed by atoms with van der Waals surface area (Å²) in [7, 11) is 1.53. The van der Waals surface area contributed by atoms with E-state index in [2.05, 4.69) is 5.32 Å². The van der Waals surface area contributed by atoms with Crippen LogP contribution in [0.25, 0.3) is 0 Å². The molecule has 40 heavy (non-hydrogen) atoms. The number of anilines is 1. The Morgan fingerprint density at radius 2 is 1.88 bits per heavy atom. The Labute approximate surface area is 241 Å². The van der Waals surface area contributed by atoms with Crippen molar-refractivity contribution in [1.82, 2.24) is 14.1 Å². The van der Waals surface area contributed by atoms with E-state index in [9.17, 15) is 23.1 Å². The molecule has 3 rings (SSSR count). The highest BCUT2D eigenvalue weighted by atomic mass is 35.5. The lowest BCUT2D eigenvalue weighted by Crippen LogP contribution is -2.50. The van der Waals surface area contributed by atoms with Crippen LogP contribution in [0.4, 0.5) is 5.69 Å². The van der Waals surface area contributed by atoms with Crippen molar-refractivity contribution in [3.05, 3.63) is 53.1 Å². The normalized spacial score (nSPS) is 18.6. The van der Waals surface area contributed by atoms with E-state index in [1.165, 1.54) is 35.6 Å². The van der Waals surface area contributed by atoms with Gasteiger partial charge in [0.15, 0.2) is 0 Å². The average Bonchev–Trinajstić information content (AvgIpc) is 2.90. The van der Waals surface area contributed by atoms with Gasteiger partial charge in [-0.15, -0.1) is 0 Å². The van der Waals surface area contributed by atoms with Crippen LogP contribution in [0.3, 0.4) is 0 Å². The van der Waals surface area contributed by atoms with E-state index in [1.807, 2.05) is 25.9 Å². The molecule has 0 saturated heterocycles. The zero-order valence-corrected chi connectivity index (χ0v) is 25.2. The van der Waals surface area contributed by atoms with Crippen LogP contribution in [0.2, 0.25) is 5.02 Å². The number of rotatable bonds is 11. The number of ether oxygens (including phenoxy) is 1. The van der Waals surface area contributed by atoms with E-state index < -0.39 is 22.2 Å². The van der Waals surface area contributed by atoms with Crippen molar-refractivity contribution in [1.29, 1.82) is 0 Å². The van der Waals surface area contributed by atoms with Gasteiger partial charge < -0.3 is 25.0 Å². The number of nitrogens with one attached hydrogen (secondary N) is 1. The molecule has 12 heteroatoms. The number of benzene rings is 2. The Morgan fingerprint density at radius 1 is 1.20 bits per heavy atom. The van der Waals surface area contributed by atoms with Gasteiger partial charge >= 0.3 is 0 Å². The van der Waals surface area contributed by atoms with Crippen LogP contribution in [0.5, 0.6) is 5.75 Å². The van der Waals surface area contributed by atoms with Crippen molar-refractivity contribution in [3.8, 4) is 5.75 Å². The van der Waals surface area contributed by atoms with Crippen molar-refractivity contribution < 1.29 is 27.9 Å². The number of aliphatic hydroxyl groups is 1. The highest BCUT2D eigenvalue weighted by molar-refractivity contribution is 7.89. The second-order valence-corrected chi connectivity index (χ2v) is 13.0. The highest BCUT2D eigenvalue weighted by Crippen LogP contribution is 2.31. The van der Waals surface area contributed by atoms with Crippen LogP contribution in [0.1, 0.15) is 37.0 Å². The van der Waals surface area contributed by atoms with Gasteiger partial charge in [-0.25, -0.2) is 8.42 Å². The molecule has 0 aliphatic carbocycles. The van der Waals surface area contributed by atoms with Crippen molar-refractivity contribution in [2.45, 2.75) is 43.7 Å². The van der Waals surface area contributed by atoms with Gasteiger partial charge in [0.25, 0.3) is 5.91 Å². The molecule has 2 N–H and O–H groups in total. The molecule has 2 amide bonds. The maximum absolute atomic E-state index is 13.6. The topological polar surface area (TPSA) is 119 Å². The molecule has 2 aromatic rings. The minimum Gasteiger partial charge on any atom is -0.488 e. The van der Waals surface area contributed by atoms with Crippen LogP contribution < -0.4 is 10.1 Å². The van der Waals surface area contributed by atoms with E-state index in [-0.39, 0.29) is 53.6 Å². The van der Waals surface area contributed by atoms with Gasteiger partial charge in [-0.2, -0.15) is 4.31 Å². The third-order valence-corrected chi connectivity index (χ3v) is 9.01. The molecule has 1 aliphatic rings. The molecular weight excluding hydrogens is 556 g/mol. The van der Waals surface area contributed by atoms with Crippen LogP contribution in [0.15, 0.2) is 47.4 Å². The number of likely N-dealkylation sites (N-methyl/N-ethyl adjacent to an activating group) is 1. The molecule has 220 valence electrons. The van der Waals surface area contributed by atoms with Gasteiger partial charge in [0.05, 0.1) is 29.7 Å². The number of hydrogen-bond donors (Lipinski definition) is 2. The number of fused-ring (bicyclic) bond motifs is 1. The van der Waals surface area contributed by atoms with E-state index in [0.717, 1.165) is 6.54 Å². The molecule has 1 aliphatic heterocycles. The van der Waals surface area contributed by atoms with Gasteiger partial charge in [-0.05, 0) is 76.4 Å². The summed E-state index contributed by atoms with van der Waals surface area (Å²) < 4.78 is 34.0. The second-order valence-electron chi connectivity index (χ2n) is 10.5. The predicted molar refractivity (Wildman–Crippen MR) is 155 cm³/mol. The summed E-state index contributed by atoms with van der Waals surface area (Å²) in [5, 5.41) is 13.2. The zero-order chi connectivity index (χ0) is 29.6. The van der Waals surface area contributed by atoms with Crippen molar-refractivity contribution in [2.75, 3.05) is 52.7 Å². The SMILES string of the molecule is C[C@H]1CN([C@@H](C)CO)C(=O)c2cc(NC(=O)CCCN(C)C)ccc2O[C@H]1CN(C)S(=O)(=O)c1ccc(Cl)cc1. The van der Waals surface area contributed by atoms with Crippen LogP contribution in [-0.4, -0.2) is 99.0 Å². The monoisotopic (exact) mass is 594 g/mol. The molecule has 0 saturated carbocycles. The largest absolute Gasteiger partial charge is 0.488 e. The summed E-state index contributed by atoms with van der Waals surface area (Å²) >= 11 is 5.93. The fourth-order valence-electron chi connectivity index (χ4n) is 4.44. The quantitative estimate of drug-likeness (QED) is 0.410. The number of amides is 2. The summed E-state index contributed by atoms with van der Waals surface area (Å²) in [6.45, 7) is 4.42. The molecule has 0 aromatic heterocycles. The van der Waals surface area contributed by atoms with Crippen molar-refractivity contribution in [3.63, 3.8) is 0 Å². The molecule has 0 fully saturated rings. The fraction of sp³-hybridized carbons (Fsp3) is 0.500. The van der Waals surface area contributed by atoms with Crippen molar-refractivity contribution in [2.24, 2.45) is 5.92 Å². The molecule has 0 bridgehead atoms. The van der Waals surface area contributed by atoms with Crippen LogP contribution >= 0.6 is 11.6 Å². The van der Waals surface area contributed by atoms with E-state index >= 15 is 0 Å². The third-order valence-electron chi connectivity index (χ3n) is 6.92. The second kappa shape index (κ2) is 13.8. The summed E-state index contributed by atoms with van der Waals surface area (Å²) in [5.41, 5.74) is 0.682. The molecule has 0 radical (unpaired) electrons. The van der Waals surface area contributed by atoms with Crippen molar-refractivity contribution >= 4 is 39.1 Å². The third kappa shape index (κ3) is 7.94. The van der Waals surface area contributed by atoms with E-state index in [4.69, 9.17) is 16.3 Å². The minimum atomic E-state index is -3.83. The maximum atomic E-state index is 13.6. The Hall–Kier alpha value is -2.70. The number of sulfonamides is 1. The van der Waals surface area contributed by atoms with Crippen LogP contribution in [-0.2, 0) is 14.8 Å². The number of halogens is 1. The number of nitrogens with zero attached hydrogens (tertiary/aromatic N) is 3. The van der Waals surface area contributed by atoms with Gasteiger partial charge in [0.1, 0.15) is 11.9 Å². The Morgan fingerprint density at radius 3 is 2.50 bits per heavy atom. The van der Waals surface area contributed by atoms with Crippen LogP contribution in [0, 0.1) is 5.92 Å². The Bertz CT molecular complexity index is 1290. The number of carbonyl (C=O) groups excluding carboxylic acids is 2. The summed E-state index contributed by atoms with van der Waals surface area (Å²) in [6.07, 6.45) is 0.417. The van der Waals surface area contributed by atoms with Gasteiger partial charge in [-0.3, -0.25) is 9.59 Å². The lowest BCUT2D eigenvalue weighted by atomic mass is 9.99. The van der Waals surface area contributed by atoms with Gasteiger partial charge in [-0.1, -0.05) is 18.5 Å². The standard InChI is InChI=1S/C28H39ClN4O6S/c1-19-16-33(20(2)18-34)28(36)24-15-22(30-27(35)7-6-14-31(3)4)10-13-25(24)39-26(19)17-32(5)40(37,38)23-11-8-21(29)9-12-23/h8-13,15,19-20,26,34H,6-7,14,16-18H2,1-5H3,(H,30,35)/t19-,20-,26-/m0/s1. The predicted octanol–water partition coefficient (Wildman–Crippen LogP) is 3.16. The lowest BCUT2D eigenvalue weighted by molar-refractivity contribution is -0.116. The van der Waals surface area contributed by atoms with Gasteiger partial charge in [0, 0.05) is 36.6 Å². The molecule has 0 spiro atoms. The molecule has 0 unspecified atom stereocenters. The summed E-state index contributed by atoms with van der Waals surface area (Å²) in [5.74, 6) is -0.501. The Balaban J connectivity index is 1.89. The first-order chi connectivity index (χ1) is 18.8. The Kier molecular flexibility index (Phi) is 11.0. The summed E-state index contributed by atoms with van der Waals surface area (Å²) in [4.78, 5) is 29.8. The van der Waals surface area contributed by atoms with E-state index in [1.54, 1.807) is 30.0 Å². The molecular formula is C28H39ClN4O6S. The molecule has 1 heterocycles. The zero-order valence-electron chi connectivity index (χ0n) is 23.6. The maximum Gasteiger partial charge on any atom is 0.258 e. The average molecular weight is 595 g/mol. The first-order valence-corrected chi connectivity index (χ1v) is 15.0. The molecule has 3 atom stereocenters. The van der Waals surface area contributed by atoms with E-state index in [0.29, 0.717) is 23.6 Å². The summed E-state index contributed by atoms with van der Waals surface area (Å²) in [6, 6.07) is 10.3. The van der Waals surface area contributed by atoms with Gasteiger partial charge in [0.2, 0.25) is 15.9 Å². The highest BCUT2D eigenvalue weighted by Gasteiger charge is 2.35. The smallest absolute Gasteiger partial charge is 0.258 e. The number of aliphatic hydroxyl groups excluding tert-OH is 1. The molecule has 2 aromatic carbocycles. The lowest BCUT2D eigenvalue weighted by Gasteiger charge is -2.38.